The van der Waals surface area contributed by atoms with E-state index in [-0.39, 0.29) is 12.5 Å². The van der Waals surface area contributed by atoms with Crippen LogP contribution in [0.2, 0.25) is 0 Å². The van der Waals surface area contributed by atoms with Crippen LogP contribution >= 0.6 is 0 Å². The maximum absolute atomic E-state index is 10.2. The van der Waals surface area contributed by atoms with Gasteiger partial charge >= 0.3 is 0 Å². The second kappa shape index (κ2) is 1.73. The first-order valence-corrected chi connectivity index (χ1v) is 2.08. The fraction of sp³-hybridized carbons (Fsp3) is 0.500. The van der Waals surface area contributed by atoms with Gasteiger partial charge < -0.3 is 0 Å². The fourth-order valence-corrected chi connectivity index (χ4v) is 0.393. The van der Waals surface area contributed by atoms with Crippen molar-refractivity contribution < 1.29 is 4.79 Å². The predicted molar refractivity (Wildman–Crippen MR) is 25.4 cm³/mol. The van der Waals surface area contributed by atoms with Crippen LogP contribution in [0.5, 0.6) is 0 Å². The zero-order chi connectivity index (χ0) is 5.11. The molecule has 0 atom stereocenters. The Balaban J connectivity index is 2.47. The van der Waals surface area contributed by atoms with E-state index in [1.807, 2.05) is 0 Å². The molecule has 0 unspecified atom stereocenters. The molecule has 1 heterocycles. The van der Waals surface area contributed by atoms with Gasteiger partial charge in [-0.25, -0.2) is 5.32 Å². The number of rotatable bonds is 0. The third-order valence-electron chi connectivity index (χ3n) is 0.705. The molecule has 3 nitrogen and oxygen atoms in total. The minimum absolute atomic E-state index is 0.109. The highest BCUT2D eigenvalue weighted by molar-refractivity contribution is 5.84. The van der Waals surface area contributed by atoms with Crippen molar-refractivity contribution in [2.24, 2.45) is 4.99 Å². The molecule has 0 bridgehead atoms. The van der Waals surface area contributed by atoms with Gasteiger partial charge in [-0.2, -0.15) is 0 Å². The topological polar surface area (TPSA) is 43.5 Å². The maximum Gasteiger partial charge on any atom is 0.263 e. The van der Waals surface area contributed by atoms with E-state index in [1.54, 1.807) is 6.21 Å². The number of hydrogen-bond acceptors (Lipinski definition) is 2. The van der Waals surface area contributed by atoms with Crippen LogP contribution in [0.1, 0.15) is 0 Å². The van der Waals surface area contributed by atoms with Crippen molar-refractivity contribution in [1.29, 1.82) is 0 Å². The Bertz CT molecular complexity index is 108. The second-order valence-corrected chi connectivity index (χ2v) is 1.26. The Morgan fingerprint density at radius 1 is 1.71 bits per heavy atom. The van der Waals surface area contributed by atoms with Gasteiger partial charge in [-0.15, -0.1) is 0 Å². The van der Waals surface area contributed by atoms with Crippen molar-refractivity contribution in [1.82, 2.24) is 5.32 Å². The molecule has 0 aromatic carbocycles. The lowest BCUT2D eigenvalue weighted by atomic mass is 10.5. The summed E-state index contributed by atoms with van der Waals surface area (Å²) >= 11 is 0. The Morgan fingerprint density at radius 3 is 2.86 bits per heavy atom. The molecule has 7 heavy (non-hydrogen) atoms. The van der Waals surface area contributed by atoms with Crippen molar-refractivity contribution in [2.75, 3.05) is 13.1 Å². The largest absolute Gasteiger partial charge is 0.286 e. The normalized spacial score (nSPS) is 19.1. The van der Waals surface area contributed by atoms with Crippen LogP contribution in [-0.4, -0.2) is 25.2 Å². The number of nitrogens with zero attached hydrogens (tertiary/aromatic N) is 2. The molecular formula is C4H5N2O. The molecule has 0 N–H and O–H groups in total. The first-order chi connectivity index (χ1) is 3.39. The van der Waals surface area contributed by atoms with Crippen molar-refractivity contribution in [3.05, 3.63) is 0 Å². The highest BCUT2D eigenvalue weighted by Gasteiger charge is 2.01. The lowest BCUT2D eigenvalue weighted by Gasteiger charge is -1.98. The molecular weight excluding hydrogens is 92.1 g/mol. The SMILES string of the molecule is O=C1CN=CC[N]1. The Labute approximate surface area is 41.4 Å². The molecule has 0 saturated carbocycles. The molecule has 3 heteroatoms. The van der Waals surface area contributed by atoms with Crippen molar-refractivity contribution >= 4 is 12.1 Å². The molecule has 1 aliphatic rings. The van der Waals surface area contributed by atoms with Crippen LogP contribution < -0.4 is 5.32 Å². The zero-order valence-electron chi connectivity index (χ0n) is 3.79. The highest BCUT2D eigenvalue weighted by Crippen LogP contribution is 1.76. The van der Waals surface area contributed by atoms with E-state index < -0.39 is 0 Å². The average Bonchev–Trinajstić information content (AvgIpc) is 1.69. The maximum atomic E-state index is 10.2. The molecule has 0 aliphatic carbocycles. The summed E-state index contributed by atoms with van der Waals surface area (Å²) in [6.45, 7) is 0.721. The van der Waals surface area contributed by atoms with E-state index >= 15 is 0 Å². The summed E-state index contributed by atoms with van der Waals surface area (Å²) in [7, 11) is 0. The van der Waals surface area contributed by atoms with Crippen LogP contribution in [0.4, 0.5) is 0 Å². The lowest BCUT2D eigenvalue weighted by Crippen LogP contribution is -2.24. The van der Waals surface area contributed by atoms with Crippen molar-refractivity contribution in [3.8, 4) is 0 Å². The van der Waals surface area contributed by atoms with E-state index in [9.17, 15) is 4.79 Å². The summed E-state index contributed by atoms with van der Waals surface area (Å²) in [6, 6.07) is 0. The van der Waals surface area contributed by atoms with Gasteiger partial charge in [-0.3, -0.25) is 9.79 Å². The van der Waals surface area contributed by atoms with Crippen LogP contribution in [-0.2, 0) is 4.79 Å². The molecule has 1 rings (SSSR count). The van der Waals surface area contributed by atoms with E-state index in [2.05, 4.69) is 10.3 Å². The quantitative estimate of drug-likeness (QED) is 0.390. The predicted octanol–water partition coefficient (Wildman–Crippen LogP) is -0.798. The first kappa shape index (κ1) is 4.30. The summed E-state index contributed by atoms with van der Waals surface area (Å²) < 4.78 is 0. The average molecular weight is 97.1 g/mol. The van der Waals surface area contributed by atoms with Gasteiger partial charge in [0.2, 0.25) is 0 Å². The van der Waals surface area contributed by atoms with Gasteiger partial charge in [-0.1, -0.05) is 0 Å². The van der Waals surface area contributed by atoms with Gasteiger partial charge in [0.05, 0.1) is 6.54 Å². The molecule has 0 saturated heterocycles. The van der Waals surface area contributed by atoms with Crippen molar-refractivity contribution in [2.45, 2.75) is 0 Å². The molecule has 0 aromatic heterocycles. The summed E-state index contributed by atoms with van der Waals surface area (Å²) in [5.74, 6) is -0.109. The number of hydrogen-bond donors (Lipinski definition) is 0. The fourth-order valence-electron chi connectivity index (χ4n) is 0.393. The first-order valence-electron chi connectivity index (χ1n) is 2.08. The molecule has 0 fully saturated rings. The summed E-state index contributed by atoms with van der Waals surface area (Å²) in [6.07, 6.45) is 1.64. The minimum Gasteiger partial charge on any atom is -0.286 e. The standard InChI is InChI=1S/C4H5N2O/c7-4-3-5-1-2-6-4/h1H,2-3H2. The highest BCUT2D eigenvalue weighted by atomic mass is 16.1. The summed E-state index contributed by atoms with van der Waals surface area (Å²) in [4.78, 5) is 13.9. The Morgan fingerprint density at radius 2 is 2.57 bits per heavy atom. The number of aliphatic imine (C=N–C) groups is 1. The Hall–Kier alpha value is -0.860. The number of amides is 1. The van der Waals surface area contributed by atoms with Crippen molar-refractivity contribution in [3.63, 3.8) is 0 Å². The Kier molecular flexibility index (Phi) is 1.06. The minimum atomic E-state index is -0.109. The molecule has 0 aromatic rings. The molecule has 1 aliphatic heterocycles. The molecule has 1 radical (unpaired) electrons. The third kappa shape index (κ3) is 0.994. The molecule has 1 amide bonds. The molecule has 37 valence electrons. The van der Waals surface area contributed by atoms with E-state index in [0.717, 1.165) is 0 Å². The smallest absolute Gasteiger partial charge is 0.263 e. The second-order valence-electron chi connectivity index (χ2n) is 1.26. The summed E-state index contributed by atoms with van der Waals surface area (Å²) in [5, 5.41) is 3.54. The van der Waals surface area contributed by atoms with E-state index in [4.69, 9.17) is 0 Å². The van der Waals surface area contributed by atoms with E-state index in [0.29, 0.717) is 6.54 Å². The number of carbonyl (C=O) groups excluding carboxylic acids is 1. The van der Waals surface area contributed by atoms with Crippen LogP contribution in [0, 0.1) is 0 Å². The number of carbonyl (C=O) groups is 1. The third-order valence-corrected chi connectivity index (χ3v) is 0.705. The van der Waals surface area contributed by atoms with Gasteiger partial charge in [0.1, 0.15) is 6.54 Å². The van der Waals surface area contributed by atoms with Crippen LogP contribution in [0.25, 0.3) is 0 Å². The van der Waals surface area contributed by atoms with Gasteiger partial charge in [0, 0.05) is 6.21 Å². The lowest BCUT2D eigenvalue weighted by molar-refractivity contribution is -0.119. The van der Waals surface area contributed by atoms with Crippen LogP contribution in [0.3, 0.4) is 0 Å². The van der Waals surface area contributed by atoms with Crippen LogP contribution in [0.15, 0.2) is 4.99 Å². The van der Waals surface area contributed by atoms with Gasteiger partial charge in [0.15, 0.2) is 0 Å². The summed E-state index contributed by atoms with van der Waals surface area (Å²) in [5.41, 5.74) is 0. The molecule has 0 spiro atoms. The van der Waals surface area contributed by atoms with Gasteiger partial charge in [0.25, 0.3) is 5.91 Å². The van der Waals surface area contributed by atoms with Gasteiger partial charge in [-0.05, 0) is 0 Å². The van der Waals surface area contributed by atoms with E-state index in [1.165, 1.54) is 0 Å². The zero-order valence-corrected chi connectivity index (χ0v) is 3.79. The monoisotopic (exact) mass is 97.0 g/mol.